The zero-order valence-electron chi connectivity index (χ0n) is 16.6. The molecule has 0 saturated carbocycles. The minimum absolute atomic E-state index is 0.0470. The highest BCUT2D eigenvalue weighted by Crippen LogP contribution is 2.30. The summed E-state index contributed by atoms with van der Waals surface area (Å²) < 4.78 is 0. The summed E-state index contributed by atoms with van der Waals surface area (Å²) in [5, 5.41) is 0.536. The number of Topliss-reactive ketones (excluding diaryl/α,β-unsaturated/α-hetero) is 1. The number of amides is 1. The zero-order valence-corrected chi connectivity index (χ0v) is 17.4. The smallest absolute Gasteiger partial charge is 0.283 e. The number of hydrogen-bond donors (Lipinski definition) is 0. The number of aryl methyl sites for hydroxylation is 1. The van der Waals surface area contributed by atoms with Crippen LogP contribution in [-0.4, -0.2) is 22.6 Å². The van der Waals surface area contributed by atoms with Crippen LogP contribution in [0.2, 0.25) is 0 Å². The number of anilines is 1. The molecule has 0 atom stereocenters. The summed E-state index contributed by atoms with van der Waals surface area (Å²) in [5.41, 5.74) is 4.43. The molecule has 0 spiro atoms. The van der Waals surface area contributed by atoms with E-state index in [1.54, 1.807) is 11.0 Å². The van der Waals surface area contributed by atoms with Crippen molar-refractivity contribution in [1.29, 1.82) is 0 Å². The van der Waals surface area contributed by atoms with E-state index in [1.807, 2.05) is 43.3 Å². The van der Waals surface area contributed by atoms with E-state index in [9.17, 15) is 9.59 Å². The van der Waals surface area contributed by atoms with Crippen LogP contribution in [0, 0.1) is 6.92 Å². The van der Waals surface area contributed by atoms with Crippen molar-refractivity contribution in [3.05, 3.63) is 70.9 Å². The Kier molecular flexibility index (Phi) is 6.15. The molecular weight excluding hydrogens is 368 g/mol. The van der Waals surface area contributed by atoms with Crippen molar-refractivity contribution in [2.24, 2.45) is 4.99 Å². The number of carbonyl (C=O) groups excluding carboxylic acids is 2. The lowest BCUT2D eigenvalue weighted by Crippen LogP contribution is -2.30. The van der Waals surface area contributed by atoms with E-state index in [2.05, 4.69) is 31.0 Å². The Hall–Kier alpha value is -2.66. The van der Waals surface area contributed by atoms with Crippen molar-refractivity contribution < 1.29 is 9.59 Å². The van der Waals surface area contributed by atoms with Crippen LogP contribution in [-0.2, 0) is 9.59 Å². The summed E-state index contributed by atoms with van der Waals surface area (Å²) in [7, 11) is 0. The quantitative estimate of drug-likeness (QED) is 0.659. The average molecular weight is 393 g/mol. The predicted octanol–water partition coefficient (Wildman–Crippen LogP) is 5.18. The van der Waals surface area contributed by atoms with Crippen LogP contribution in [0.3, 0.4) is 0 Å². The Morgan fingerprint density at radius 1 is 1.11 bits per heavy atom. The van der Waals surface area contributed by atoms with E-state index in [-0.39, 0.29) is 17.4 Å². The van der Waals surface area contributed by atoms with Crippen LogP contribution in [0.4, 0.5) is 5.69 Å². The molecule has 0 fully saturated rings. The van der Waals surface area contributed by atoms with Crippen molar-refractivity contribution in [1.82, 2.24) is 0 Å². The molecule has 3 rings (SSSR count). The first-order chi connectivity index (χ1) is 13.3. The molecule has 0 saturated heterocycles. The van der Waals surface area contributed by atoms with Gasteiger partial charge in [-0.05, 0) is 49.1 Å². The van der Waals surface area contributed by atoms with Crippen LogP contribution in [0.25, 0.3) is 6.08 Å². The third-order valence-corrected chi connectivity index (χ3v) is 5.52. The van der Waals surface area contributed by atoms with Gasteiger partial charge in [0.05, 0.1) is 11.4 Å². The fraction of sp³-hybridized carbons (Fsp3) is 0.261. The number of nitrogens with zero attached hydrogens (tertiary/aromatic N) is 2. The molecule has 2 aromatic carbocycles. The van der Waals surface area contributed by atoms with Crippen LogP contribution in [0.1, 0.15) is 43.4 Å². The zero-order chi connectivity index (χ0) is 20.3. The van der Waals surface area contributed by atoms with Crippen molar-refractivity contribution >= 4 is 40.4 Å². The monoisotopic (exact) mass is 392 g/mol. The fourth-order valence-electron chi connectivity index (χ4n) is 2.82. The van der Waals surface area contributed by atoms with Gasteiger partial charge >= 0.3 is 0 Å². The molecule has 4 nitrogen and oxygen atoms in total. The highest BCUT2D eigenvalue weighted by Gasteiger charge is 2.32. The molecule has 0 aliphatic carbocycles. The second-order valence-corrected chi connectivity index (χ2v) is 8.15. The first-order valence-corrected chi connectivity index (χ1v) is 10.3. The third kappa shape index (κ3) is 4.60. The standard InChI is InChI=1S/C23H24N2O2S/c1-15(2)19-9-7-18(8-10-19)13-21-22(27)25(20-11-5-16(3)6-12-20)23(24-21)28-14-17(4)26/h5-13,15H,14H2,1-4H3/b21-13-. The van der Waals surface area contributed by atoms with Gasteiger partial charge in [0.2, 0.25) is 0 Å². The van der Waals surface area contributed by atoms with Crippen LogP contribution in [0.5, 0.6) is 0 Å². The number of rotatable bonds is 5. The van der Waals surface area contributed by atoms with Crippen molar-refractivity contribution in [2.45, 2.75) is 33.6 Å². The summed E-state index contributed by atoms with van der Waals surface area (Å²) in [5.74, 6) is 0.609. The van der Waals surface area contributed by atoms with Gasteiger partial charge in [0.15, 0.2) is 5.17 Å². The van der Waals surface area contributed by atoms with Gasteiger partial charge in [-0.1, -0.05) is 67.6 Å². The number of aliphatic imine (C=N–C) groups is 1. The molecule has 0 aromatic heterocycles. The van der Waals surface area contributed by atoms with Gasteiger partial charge in [-0.2, -0.15) is 0 Å². The SMILES string of the molecule is CC(=O)CSC1=N/C(=C\c2ccc(C(C)C)cc2)C(=O)N1c1ccc(C)cc1. The lowest BCUT2D eigenvalue weighted by atomic mass is 10.0. The molecule has 144 valence electrons. The number of amidine groups is 1. The van der Waals surface area contributed by atoms with Crippen LogP contribution in [0.15, 0.2) is 59.2 Å². The van der Waals surface area contributed by atoms with E-state index in [4.69, 9.17) is 0 Å². The maximum Gasteiger partial charge on any atom is 0.283 e. The molecule has 1 amide bonds. The molecule has 0 unspecified atom stereocenters. The minimum atomic E-state index is -0.178. The topological polar surface area (TPSA) is 49.7 Å². The van der Waals surface area contributed by atoms with Gasteiger partial charge < -0.3 is 0 Å². The van der Waals surface area contributed by atoms with Gasteiger partial charge in [-0.3, -0.25) is 14.5 Å². The summed E-state index contributed by atoms with van der Waals surface area (Å²) >= 11 is 1.29. The Morgan fingerprint density at radius 3 is 2.32 bits per heavy atom. The highest BCUT2D eigenvalue weighted by molar-refractivity contribution is 8.14. The Balaban J connectivity index is 1.94. The van der Waals surface area contributed by atoms with Gasteiger partial charge in [-0.15, -0.1) is 0 Å². The molecule has 1 aliphatic rings. The summed E-state index contributed by atoms with van der Waals surface area (Å²) in [6, 6.07) is 15.9. The van der Waals surface area contributed by atoms with Crippen molar-refractivity contribution in [3.63, 3.8) is 0 Å². The van der Waals surface area contributed by atoms with Crippen LogP contribution < -0.4 is 4.90 Å². The van der Waals surface area contributed by atoms with E-state index in [0.29, 0.717) is 16.8 Å². The molecule has 0 radical (unpaired) electrons. The molecule has 1 aliphatic heterocycles. The summed E-state index contributed by atoms with van der Waals surface area (Å²) in [6.45, 7) is 7.83. The molecule has 28 heavy (non-hydrogen) atoms. The van der Waals surface area contributed by atoms with E-state index in [0.717, 1.165) is 16.8 Å². The Bertz CT molecular complexity index is 942. The van der Waals surface area contributed by atoms with E-state index in [1.165, 1.54) is 24.2 Å². The molecular formula is C23H24N2O2S. The van der Waals surface area contributed by atoms with Gasteiger partial charge in [0.1, 0.15) is 11.5 Å². The molecule has 0 N–H and O–H groups in total. The summed E-state index contributed by atoms with van der Waals surface area (Å²) in [4.78, 5) is 30.6. The van der Waals surface area contributed by atoms with E-state index < -0.39 is 0 Å². The van der Waals surface area contributed by atoms with Gasteiger partial charge in [-0.25, -0.2) is 4.99 Å². The molecule has 5 heteroatoms. The number of carbonyl (C=O) groups is 2. The lowest BCUT2D eigenvalue weighted by Gasteiger charge is -2.17. The average Bonchev–Trinajstić information content (AvgIpc) is 2.97. The largest absolute Gasteiger partial charge is 0.299 e. The normalized spacial score (nSPS) is 15.5. The maximum atomic E-state index is 13.1. The number of ketones is 1. The highest BCUT2D eigenvalue weighted by atomic mass is 32.2. The number of hydrogen-bond acceptors (Lipinski definition) is 4. The predicted molar refractivity (Wildman–Crippen MR) is 118 cm³/mol. The Labute approximate surface area is 170 Å². The third-order valence-electron chi connectivity index (χ3n) is 4.43. The molecule has 2 aromatic rings. The lowest BCUT2D eigenvalue weighted by molar-refractivity contribution is -0.115. The van der Waals surface area contributed by atoms with Crippen LogP contribution >= 0.6 is 11.8 Å². The van der Waals surface area contributed by atoms with Gasteiger partial charge in [0, 0.05) is 0 Å². The minimum Gasteiger partial charge on any atom is -0.299 e. The maximum absolute atomic E-state index is 13.1. The first-order valence-electron chi connectivity index (χ1n) is 9.29. The Morgan fingerprint density at radius 2 is 1.75 bits per heavy atom. The summed E-state index contributed by atoms with van der Waals surface area (Å²) in [6.07, 6.45) is 1.80. The van der Waals surface area contributed by atoms with Crippen molar-refractivity contribution in [2.75, 3.05) is 10.7 Å². The molecule has 1 heterocycles. The second-order valence-electron chi connectivity index (χ2n) is 7.21. The number of benzene rings is 2. The second kappa shape index (κ2) is 8.57. The van der Waals surface area contributed by atoms with Crippen molar-refractivity contribution in [3.8, 4) is 0 Å². The molecule has 0 bridgehead atoms. The fourth-order valence-corrected chi connectivity index (χ4v) is 3.63. The first kappa shape index (κ1) is 20.1. The van der Waals surface area contributed by atoms with Gasteiger partial charge in [0.25, 0.3) is 5.91 Å². The number of thioether (sulfide) groups is 1. The van der Waals surface area contributed by atoms with E-state index >= 15 is 0 Å².